The van der Waals surface area contributed by atoms with Crippen LogP contribution in [0.15, 0.2) is 40.7 Å². The zero-order valence-electron chi connectivity index (χ0n) is 15.5. The molecule has 9 heteroatoms. The van der Waals surface area contributed by atoms with Crippen molar-refractivity contribution in [2.24, 2.45) is 16.6 Å². The molecule has 0 radical (unpaired) electrons. The Bertz CT molecular complexity index is 904. The van der Waals surface area contributed by atoms with Crippen LogP contribution in [0.1, 0.15) is 38.4 Å². The van der Waals surface area contributed by atoms with Crippen LogP contribution < -0.4 is 11.5 Å². The molecule has 1 aliphatic heterocycles. The maximum atomic E-state index is 12.2. The number of aromatic nitrogens is 2. The Hall–Kier alpha value is -3.49. The molecule has 0 bridgehead atoms. The summed E-state index contributed by atoms with van der Waals surface area (Å²) >= 11 is 0. The summed E-state index contributed by atoms with van der Waals surface area (Å²) in [6.45, 7) is 5.62. The van der Waals surface area contributed by atoms with Crippen LogP contribution in [0.25, 0.3) is 6.08 Å². The summed E-state index contributed by atoms with van der Waals surface area (Å²) in [5, 5.41) is 8.72. The first kappa shape index (κ1) is 19.8. The highest BCUT2D eigenvalue weighted by Crippen LogP contribution is 2.18. The summed E-state index contributed by atoms with van der Waals surface area (Å²) in [6, 6.07) is -1.56. The highest BCUT2D eigenvalue weighted by molar-refractivity contribution is 6.27. The van der Waals surface area contributed by atoms with Crippen LogP contribution in [0.3, 0.4) is 0 Å². The minimum Gasteiger partial charge on any atom is -0.350 e. The number of nitrogens with zero attached hydrogens (tertiary/aromatic N) is 4. The van der Waals surface area contributed by atoms with E-state index in [0.29, 0.717) is 29.1 Å². The summed E-state index contributed by atoms with van der Waals surface area (Å²) in [7, 11) is 0. The van der Waals surface area contributed by atoms with Gasteiger partial charge in [-0.3, -0.25) is 4.79 Å². The summed E-state index contributed by atoms with van der Waals surface area (Å²) in [5.41, 5.74) is 13.6. The lowest BCUT2D eigenvalue weighted by Gasteiger charge is -2.03. The van der Waals surface area contributed by atoms with Crippen LogP contribution in [0.4, 0.5) is 9.59 Å². The van der Waals surface area contributed by atoms with E-state index in [1.54, 1.807) is 18.3 Å². The van der Waals surface area contributed by atoms with E-state index in [2.05, 4.69) is 10.2 Å². The first-order valence-corrected chi connectivity index (χ1v) is 8.45. The van der Waals surface area contributed by atoms with Gasteiger partial charge in [-0.1, -0.05) is 37.6 Å². The number of primary amides is 2. The average molecular weight is 370 g/mol. The molecule has 0 saturated heterocycles. The fourth-order valence-corrected chi connectivity index (χ4v) is 2.48. The molecule has 4 N–H and O–H groups in total. The number of nitrogens with two attached hydrogens (primary N) is 2. The second kappa shape index (κ2) is 8.26. The molecule has 27 heavy (non-hydrogen) atoms. The fourth-order valence-electron chi connectivity index (χ4n) is 2.48. The van der Waals surface area contributed by atoms with Gasteiger partial charge in [0.1, 0.15) is 0 Å². The van der Waals surface area contributed by atoms with Crippen LogP contribution in [-0.2, 0) is 11.2 Å². The van der Waals surface area contributed by atoms with Crippen LogP contribution in [-0.4, -0.2) is 38.5 Å². The molecule has 0 unspecified atom stereocenters. The third kappa shape index (κ3) is 4.38. The Balaban J connectivity index is 2.23. The van der Waals surface area contributed by atoms with Crippen LogP contribution in [0, 0.1) is 0 Å². The smallest absolute Gasteiger partial charge is 0.342 e. The number of hydrazone groups is 1. The molecule has 0 spiro atoms. The third-order valence-electron chi connectivity index (χ3n) is 3.92. The molecule has 0 aliphatic carbocycles. The molecule has 0 atom stereocenters. The van der Waals surface area contributed by atoms with E-state index >= 15 is 0 Å². The molecule has 142 valence electrons. The number of aryl methyl sites for hydroxylation is 1. The predicted octanol–water partition coefficient (Wildman–Crippen LogP) is 1.95. The Morgan fingerprint density at radius 1 is 1.19 bits per heavy atom. The first-order chi connectivity index (χ1) is 12.8. The predicted molar refractivity (Wildman–Crippen MR) is 102 cm³/mol. The Morgan fingerprint density at radius 2 is 1.89 bits per heavy atom. The molecule has 1 aromatic rings. The van der Waals surface area contributed by atoms with Crippen molar-refractivity contribution < 1.29 is 14.4 Å². The van der Waals surface area contributed by atoms with Gasteiger partial charge < -0.3 is 11.5 Å². The molecule has 2 heterocycles. The van der Waals surface area contributed by atoms with Gasteiger partial charge >= 0.3 is 12.1 Å². The summed E-state index contributed by atoms with van der Waals surface area (Å²) in [6.07, 6.45) is 9.71. The standard InChI is InChI=1S/C18H22N6O3/c1-4-14-12(10-23(21-14)17(19)26)8-6-11(3)7-9-13-15(5-2)22-24(16(13)25)18(20)27/h6-10H,4-5H2,1-3H3,(H2,19,26)(H2,20,27). The lowest BCUT2D eigenvalue weighted by Crippen LogP contribution is -2.33. The van der Waals surface area contributed by atoms with Gasteiger partial charge in [0.05, 0.1) is 17.0 Å². The minimum atomic E-state index is -0.909. The normalized spacial score (nSPS) is 16.5. The number of amides is 4. The third-order valence-corrected chi connectivity index (χ3v) is 3.92. The number of hydrogen-bond acceptors (Lipinski definition) is 5. The minimum absolute atomic E-state index is 0.333. The van der Waals surface area contributed by atoms with Gasteiger partial charge in [0.15, 0.2) is 0 Å². The highest BCUT2D eigenvalue weighted by atomic mass is 16.2. The maximum absolute atomic E-state index is 12.2. The van der Waals surface area contributed by atoms with Gasteiger partial charge in [0, 0.05) is 11.8 Å². The second-order valence-electron chi connectivity index (χ2n) is 5.85. The van der Waals surface area contributed by atoms with Gasteiger partial charge in [-0.2, -0.15) is 14.9 Å². The van der Waals surface area contributed by atoms with Crippen molar-refractivity contribution in [2.75, 3.05) is 0 Å². The average Bonchev–Trinajstić information content (AvgIpc) is 3.19. The number of allylic oxidation sites excluding steroid dienone is 4. The molecular weight excluding hydrogens is 348 g/mol. The Kier molecular flexibility index (Phi) is 6.07. The zero-order valence-corrected chi connectivity index (χ0v) is 15.5. The second-order valence-corrected chi connectivity index (χ2v) is 5.85. The molecule has 0 fully saturated rings. The number of hydrogen-bond donors (Lipinski definition) is 2. The molecule has 4 amide bonds. The van der Waals surface area contributed by atoms with Crippen LogP contribution >= 0.6 is 0 Å². The van der Waals surface area contributed by atoms with Crippen molar-refractivity contribution in [3.05, 3.63) is 46.8 Å². The van der Waals surface area contributed by atoms with Gasteiger partial charge in [-0.15, -0.1) is 5.01 Å². The van der Waals surface area contributed by atoms with Crippen LogP contribution in [0.2, 0.25) is 0 Å². The number of rotatable bonds is 5. The quantitative estimate of drug-likeness (QED) is 0.604. The Morgan fingerprint density at radius 3 is 2.44 bits per heavy atom. The van der Waals surface area contributed by atoms with E-state index in [9.17, 15) is 14.4 Å². The molecule has 9 nitrogen and oxygen atoms in total. The van der Waals surface area contributed by atoms with E-state index in [4.69, 9.17) is 11.5 Å². The molecule has 1 aliphatic rings. The number of urea groups is 1. The van der Waals surface area contributed by atoms with E-state index in [-0.39, 0.29) is 0 Å². The summed E-state index contributed by atoms with van der Waals surface area (Å²) in [5.74, 6) is -0.539. The number of carbonyl (C=O) groups excluding carboxylic acids is 3. The van der Waals surface area contributed by atoms with E-state index < -0.39 is 18.0 Å². The lowest BCUT2D eigenvalue weighted by atomic mass is 10.1. The number of imide groups is 1. The van der Waals surface area contributed by atoms with E-state index in [1.807, 2.05) is 32.9 Å². The van der Waals surface area contributed by atoms with Crippen LogP contribution in [0.5, 0.6) is 0 Å². The lowest BCUT2D eigenvalue weighted by molar-refractivity contribution is -0.122. The van der Waals surface area contributed by atoms with Crippen molar-refractivity contribution in [3.8, 4) is 0 Å². The van der Waals surface area contributed by atoms with Crippen molar-refractivity contribution >= 4 is 29.8 Å². The molecule has 0 aromatic carbocycles. The van der Waals surface area contributed by atoms with Gasteiger partial charge in [0.2, 0.25) is 0 Å². The monoisotopic (exact) mass is 370 g/mol. The fraction of sp³-hybridized carbons (Fsp3) is 0.278. The van der Waals surface area contributed by atoms with Crippen molar-refractivity contribution in [1.29, 1.82) is 0 Å². The topological polar surface area (TPSA) is 137 Å². The van der Waals surface area contributed by atoms with Gasteiger partial charge in [0.25, 0.3) is 5.91 Å². The van der Waals surface area contributed by atoms with Crippen molar-refractivity contribution in [2.45, 2.75) is 33.6 Å². The molecule has 2 rings (SSSR count). The highest BCUT2D eigenvalue weighted by Gasteiger charge is 2.31. The van der Waals surface area contributed by atoms with E-state index in [0.717, 1.165) is 21.5 Å². The SMILES string of the molecule is CCC1=NN(C(N)=O)C(=O)C1=CC=C(C)C=Cc1cn(C(N)=O)nc1CC. The van der Waals surface area contributed by atoms with Gasteiger partial charge in [-0.25, -0.2) is 9.59 Å². The van der Waals surface area contributed by atoms with Gasteiger partial charge in [-0.05, 0) is 25.8 Å². The Labute approximate surface area is 156 Å². The number of carbonyl (C=O) groups is 3. The first-order valence-electron chi connectivity index (χ1n) is 8.45. The largest absolute Gasteiger partial charge is 0.350 e. The molecular formula is C18H22N6O3. The zero-order chi connectivity index (χ0) is 20.1. The van der Waals surface area contributed by atoms with Crippen molar-refractivity contribution in [3.63, 3.8) is 0 Å². The summed E-state index contributed by atoms with van der Waals surface area (Å²) in [4.78, 5) is 34.7. The molecule has 0 saturated carbocycles. The van der Waals surface area contributed by atoms with E-state index in [1.165, 1.54) is 0 Å². The van der Waals surface area contributed by atoms with Crippen molar-refractivity contribution in [1.82, 2.24) is 14.8 Å². The molecule has 1 aromatic heterocycles. The maximum Gasteiger partial charge on any atom is 0.342 e. The summed E-state index contributed by atoms with van der Waals surface area (Å²) < 4.78 is 1.10.